The summed E-state index contributed by atoms with van der Waals surface area (Å²) >= 11 is 0. The SMILES string of the molecule is COc1ccccc1C=NNC(=O)C(C)Nc1ccc2ccccc2c1. The Morgan fingerprint density at radius 2 is 1.77 bits per heavy atom. The van der Waals surface area contributed by atoms with E-state index in [2.05, 4.69) is 21.9 Å². The van der Waals surface area contributed by atoms with Gasteiger partial charge in [-0.2, -0.15) is 5.10 Å². The Morgan fingerprint density at radius 3 is 2.58 bits per heavy atom. The first-order valence-corrected chi connectivity index (χ1v) is 8.38. The molecule has 1 atom stereocenters. The van der Waals surface area contributed by atoms with Crippen molar-refractivity contribution in [3.63, 3.8) is 0 Å². The molecule has 0 aliphatic rings. The summed E-state index contributed by atoms with van der Waals surface area (Å²) in [5, 5.41) is 9.50. The third-order valence-corrected chi connectivity index (χ3v) is 4.04. The molecule has 26 heavy (non-hydrogen) atoms. The minimum absolute atomic E-state index is 0.218. The number of fused-ring (bicyclic) bond motifs is 1. The van der Waals surface area contributed by atoms with Gasteiger partial charge in [0.2, 0.25) is 0 Å². The smallest absolute Gasteiger partial charge is 0.262 e. The number of hydrogen-bond donors (Lipinski definition) is 2. The second-order valence-corrected chi connectivity index (χ2v) is 5.90. The van der Waals surface area contributed by atoms with Crippen molar-refractivity contribution in [2.75, 3.05) is 12.4 Å². The average molecular weight is 347 g/mol. The monoisotopic (exact) mass is 347 g/mol. The Morgan fingerprint density at radius 1 is 1.04 bits per heavy atom. The number of amides is 1. The number of nitrogens with one attached hydrogen (secondary N) is 2. The van der Waals surface area contributed by atoms with Crippen LogP contribution in [0.2, 0.25) is 0 Å². The van der Waals surface area contributed by atoms with Crippen LogP contribution in [0.3, 0.4) is 0 Å². The van der Waals surface area contributed by atoms with Gasteiger partial charge in [-0.3, -0.25) is 4.79 Å². The predicted molar refractivity (Wildman–Crippen MR) is 106 cm³/mol. The lowest BCUT2D eigenvalue weighted by atomic mass is 10.1. The highest BCUT2D eigenvalue weighted by Gasteiger charge is 2.12. The van der Waals surface area contributed by atoms with Gasteiger partial charge in [0.15, 0.2) is 0 Å². The molecule has 0 heterocycles. The molecule has 1 unspecified atom stereocenters. The maximum Gasteiger partial charge on any atom is 0.262 e. The Bertz CT molecular complexity index is 937. The van der Waals surface area contributed by atoms with E-state index in [-0.39, 0.29) is 5.91 Å². The quantitative estimate of drug-likeness (QED) is 0.527. The van der Waals surface area contributed by atoms with E-state index < -0.39 is 6.04 Å². The van der Waals surface area contributed by atoms with Gasteiger partial charge in [0.25, 0.3) is 5.91 Å². The maximum absolute atomic E-state index is 12.2. The molecule has 0 bridgehead atoms. The van der Waals surface area contributed by atoms with Crippen LogP contribution in [-0.4, -0.2) is 25.3 Å². The molecule has 0 aliphatic carbocycles. The van der Waals surface area contributed by atoms with Crippen LogP contribution in [0.15, 0.2) is 71.8 Å². The molecule has 0 aliphatic heterocycles. The van der Waals surface area contributed by atoms with E-state index in [0.717, 1.165) is 22.0 Å². The number of methoxy groups -OCH3 is 1. The summed E-state index contributed by atoms with van der Waals surface area (Å²) in [6.07, 6.45) is 1.57. The van der Waals surface area contributed by atoms with Crippen LogP contribution in [0.4, 0.5) is 5.69 Å². The molecule has 0 aromatic heterocycles. The van der Waals surface area contributed by atoms with E-state index in [1.54, 1.807) is 20.2 Å². The number of hydrogen-bond acceptors (Lipinski definition) is 4. The van der Waals surface area contributed by atoms with Gasteiger partial charge in [-0.1, -0.05) is 42.5 Å². The lowest BCUT2D eigenvalue weighted by Crippen LogP contribution is -2.34. The van der Waals surface area contributed by atoms with Crippen molar-refractivity contribution in [1.29, 1.82) is 0 Å². The summed E-state index contributed by atoms with van der Waals surface area (Å²) in [5.41, 5.74) is 4.24. The number of hydrazone groups is 1. The number of para-hydroxylation sites is 1. The van der Waals surface area contributed by atoms with E-state index in [9.17, 15) is 4.79 Å². The zero-order valence-electron chi connectivity index (χ0n) is 14.8. The van der Waals surface area contributed by atoms with Gasteiger partial charge in [-0.25, -0.2) is 5.43 Å². The molecule has 1 amide bonds. The van der Waals surface area contributed by atoms with E-state index in [1.807, 2.05) is 60.7 Å². The fourth-order valence-corrected chi connectivity index (χ4v) is 2.63. The largest absolute Gasteiger partial charge is 0.496 e. The molecule has 5 nitrogen and oxygen atoms in total. The average Bonchev–Trinajstić information content (AvgIpc) is 2.68. The fourth-order valence-electron chi connectivity index (χ4n) is 2.63. The lowest BCUT2D eigenvalue weighted by Gasteiger charge is -2.14. The Labute approximate surface area is 152 Å². The molecule has 3 aromatic carbocycles. The molecule has 2 N–H and O–H groups in total. The number of benzene rings is 3. The van der Waals surface area contributed by atoms with Crippen LogP contribution in [0.5, 0.6) is 5.75 Å². The number of anilines is 1. The van der Waals surface area contributed by atoms with E-state index in [0.29, 0.717) is 5.75 Å². The number of carbonyl (C=O) groups is 1. The van der Waals surface area contributed by atoms with E-state index >= 15 is 0 Å². The van der Waals surface area contributed by atoms with Crippen LogP contribution >= 0.6 is 0 Å². The maximum atomic E-state index is 12.2. The molecule has 0 saturated heterocycles. The van der Waals surface area contributed by atoms with Crippen LogP contribution in [-0.2, 0) is 4.79 Å². The number of nitrogens with zero attached hydrogens (tertiary/aromatic N) is 1. The van der Waals surface area contributed by atoms with Crippen LogP contribution < -0.4 is 15.5 Å². The normalized spacial score (nSPS) is 12.1. The van der Waals surface area contributed by atoms with E-state index in [4.69, 9.17) is 4.74 Å². The van der Waals surface area contributed by atoms with Gasteiger partial charge < -0.3 is 10.1 Å². The lowest BCUT2D eigenvalue weighted by molar-refractivity contribution is -0.121. The van der Waals surface area contributed by atoms with Crippen molar-refractivity contribution >= 4 is 28.6 Å². The first-order valence-electron chi connectivity index (χ1n) is 8.38. The van der Waals surface area contributed by atoms with Crippen molar-refractivity contribution in [2.24, 2.45) is 5.10 Å². The highest BCUT2D eigenvalue weighted by Crippen LogP contribution is 2.19. The summed E-state index contributed by atoms with van der Waals surface area (Å²) in [7, 11) is 1.60. The number of ether oxygens (including phenoxy) is 1. The first-order chi connectivity index (χ1) is 12.7. The third kappa shape index (κ3) is 4.19. The minimum Gasteiger partial charge on any atom is -0.496 e. The number of rotatable bonds is 6. The minimum atomic E-state index is -0.425. The molecule has 132 valence electrons. The zero-order valence-corrected chi connectivity index (χ0v) is 14.8. The molecular weight excluding hydrogens is 326 g/mol. The molecule has 0 saturated carbocycles. The van der Waals surface area contributed by atoms with Crippen molar-refractivity contribution in [1.82, 2.24) is 5.43 Å². The van der Waals surface area contributed by atoms with Crippen molar-refractivity contribution < 1.29 is 9.53 Å². The van der Waals surface area contributed by atoms with Crippen LogP contribution in [0.25, 0.3) is 10.8 Å². The van der Waals surface area contributed by atoms with Gasteiger partial charge in [0.1, 0.15) is 11.8 Å². The molecule has 5 heteroatoms. The molecule has 0 fully saturated rings. The summed E-state index contributed by atoms with van der Waals surface area (Å²) in [5.74, 6) is 0.483. The Balaban J connectivity index is 1.61. The van der Waals surface area contributed by atoms with Crippen molar-refractivity contribution in [2.45, 2.75) is 13.0 Å². The molecule has 0 spiro atoms. The Kier molecular flexibility index (Phi) is 5.49. The van der Waals surface area contributed by atoms with Gasteiger partial charge in [0.05, 0.1) is 13.3 Å². The topological polar surface area (TPSA) is 62.7 Å². The Hall–Kier alpha value is -3.34. The summed E-state index contributed by atoms with van der Waals surface area (Å²) in [6.45, 7) is 1.79. The highest BCUT2D eigenvalue weighted by molar-refractivity contribution is 5.89. The van der Waals surface area contributed by atoms with Crippen LogP contribution in [0, 0.1) is 0 Å². The molecule has 0 radical (unpaired) electrons. The van der Waals surface area contributed by atoms with Crippen LogP contribution in [0.1, 0.15) is 12.5 Å². The van der Waals surface area contributed by atoms with Gasteiger partial charge in [-0.15, -0.1) is 0 Å². The first kappa shape index (κ1) is 17.5. The summed E-state index contributed by atoms with van der Waals surface area (Å²) < 4.78 is 5.25. The summed E-state index contributed by atoms with van der Waals surface area (Å²) in [4.78, 5) is 12.2. The second-order valence-electron chi connectivity index (χ2n) is 5.90. The fraction of sp³-hybridized carbons (Fsp3) is 0.143. The van der Waals surface area contributed by atoms with Gasteiger partial charge in [-0.05, 0) is 42.0 Å². The van der Waals surface area contributed by atoms with Crippen molar-refractivity contribution in [3.05, 3.63) is 72.3 Å². The third-order valence-electron chi connectivity index (χ3n) is 4.04. The number of carbonyl (C=O) groups excluding carboxylic acids is 1. The van der Waals surface area contributed by atoms with Gasteiger partial charge >= 0.3 is 0 Å². The van der Waals surface area contributed by atoms with E-state index in [1.165, 1.54) is 0 Å². The van der Waals surface area contributed by atoms with Crippen molar-refractivity contribution in [3.8, 4) is 5.75 Å². The zero-order chi connectivity index (χ0) is 18.4. The molecule has 3 rings (SSSR count). The molecule has 3 aromatic rings. The molecular formula is C21H21N3O2. The second kappa shape index (κ2) is 8.16. The predicted octanol–water partition coefficient (Wildman–Crippen LogP) is 3.80. The highest BCUT2D eigenvalue weighted by atomic mass is 16.5. The van der Waals surface area contributed by atoms with Gasteiger partial charge in [0, 0.05) is 11.3 Å². The summed E-state index contributed by atoms with van der Waals surface area (Å²) in [6, 6.07) is 21.2. The standard InChI is InChI=1S/C21H21N3O2/c1-15(23-19-12-11-16-7-3-4-8-17(16)13-19)21(25)24-22-14-18-9-5-6-10-20(18)26-2/h3-15,23H,1-2H3,(H,24,25).